The summed E-state index contributed by atoms with van der Waals surface area (Å²) in [4.78, 5) is 36.5. The molecule has 45 heavy (non-hydrogen) atoms. The van der Waals surface area contributed by atoms with E-state index in [0.29, 0.717) is 22.9 Å². The standard InChI is InChI=1S/C34H36N4O7/c1-16(2)26-32-38-27(31-35-20(14-39)15-43-31)29(45-32)34-21-7-5-6-8-23(21)36-33(34)44-25-10-9-18(12-22(25)34)11-19(30(42)37-26)13-24(40)28(41)17(3)4/h5-10,12,15-17,19,26,28,33,36,39,41H,11,13-14H2,1-4H3,(H,37,42)/t19-,26+,28+,33?,34+/m1/s1. The first-order chi connectivity index (χ1) is 21.6. The molecule has 0 saturated heterocycles. The molecule has 0 saturated carbocycles. The van der Waals surface area contributed by atoms with Crippen LogP contribution in [0, 0.1) is 17.8 Å². The number of ether oxygens (including phenoxy) is 1. The normalized spacial score (nSPS) is 23.8. The molecule has 2 aromatic carbocycles. The molecule has 4 bridgehead atoms. The minimum atomic E-state index is -1.17. The molecule has 4 aromatic rings. The van der Waals surface area contributed by atoms with E-state index in [0.717, 1.165) is 22.4 Å². The zero-order chi connectivity index (χ0) is 31.6. The molecule has 3 aliphatic rings. The summed E-state index contributed by atoms with van der Waals surface area (Å²) < 4.78 is 19.2. The van der Waals surface area contributed by atoms with Gasteiger partial charge in [-0.3, -0.25) is 9.59 Å². The van der Waals surface area contributed by atoms with Crippen LogP contribution in [0.5, 0.6) is 5.75 Å². The number of hydrogen-bond donors (Lipinski definition) is 4. The van der Waals surface area contributed by atoms with Gasteiger partial charge in [0.15, 0.2) is 23.5 Å². The highest BCUT2D eigenvalue weighted by Crippen LogP contribution is 2.59. The Bertz CT molecular complexity index is 1790. The number of aliphatic hydroxyl groups is 2. The summed E-state index contributed by atoms with van der Waals surface area (Å²) in [6.45, 7) is 7.14. The summed E-state index contributed by atoms with van der Waals surface area (Å²) in [5.74, 6) is -0.388. The highest BCUT2D eigenvalue weighted by Gasteiger charge is 2.61. The second kappa shape index (κ2) is 10.8. The van der Waals surface area contributed by atoms with Crippen LogP contribution < -0.4 is 15.4 Å². The van der Waals surface area contributed by atoms with Gasteiger partial charge in [-0.15, -0.1) is 0 Å². The Morgan fingerprint density at radius 2 is 1.89 bits per heavy atom. The number of rotatable bonds is 7. The lowest BCUT2D eigenvalue weighted by molar-refractivity contribution is -0.135. The highest BCUT2D eigenvalue weighted by molar-refractivity contribution is 5.89. The predicted octanol–water partition coefficient (Wildman–Crippen LogP) is 4.26. The molecule has 1 amide bonds. The molecule has 2 aromatic heterocycles. The van der Waals surface area contributed by atoms with Gasteiger partial charge in [-0.2, -0.15) is 0 Å². The average Bonchev–Trinajstić information content (AvgIpc) is 3.79. The molecule has 11 heteroatoms. The van der Waals surface area contributed by atoms with Crippen molar-refractivity contribution >= 4 is 17.4 Å². The molecule has 5 atom stereocenters. The first kappa shape index (κ1) is 29.2. The topological polar surface area (TPSA) is 160 Å². The molecule has 5 heterocycles. The summed E-state index contributed by atoms with van der Waals surface area (Å²) in [6.07, 6.45) is -0.233. The third-order valence-electron chi connectivity index (χ3n) is 9.16. The molecule has 1 spiro atoms. The van der Waals surface area contributed by atoms with Crippen LogP contribution in [0.4, 0.5) is 5.69 Å². The van der Waals surface area contributed by atoms with Crippen LogP contribution in [-0.2, 0) is 28.0 Å². The third-order valence-corrected chi connectivity index (χ3v) is 9.16. The minimum Gasteiger partial charge on any atom is -0.469 e. The zero-order valence-corrected chi connectivity index (χ0v) is 25.5. The Kier molecular flexibility index (Phi) is 7.05. The van der Waals surface area contributed by atoms with Gasteiger partial charge in [0.25, 0.3) is 0 Å². The van der Waals surface area contributed by atoms with E-state index in [2.05, 4.69) is 15.6 Å². The Hall–Kier alpha value is -4.48. The zero-order valence-electron chi connectivity index (χ0n) is 25.5. The number of aromatic nitrogens is 2. The van der Waals surface area contributed by atoms with Crippen LogP contribution in [0.15, 0.2) is 57.6 Å². The Labute approximate surface area is 260 Å². The van der Waals surface area contributed by atoms with E-state index in [9.17, 15) is 19.8 Å². The van der Waals surface area contributed by atoms with Crippen molar-refractivity contribution in [1.29, 1.82) is 0 Å². The van der Waals surface area contributed by atoms with Crippen LogP contribution in [-0.4, -0.2) is 44.2 Å². The monoisotopic (exact) mass is 612 g/mol. The van der Waals surface area contributed by atoms with Crippen molar-refractivity contribution in [2.24, 2.45) is 17.8 Å². The van der Waals surface area contributed by atoms with E-state index in [1.54, 1.807) is 13.8 Å². The number of oxazole rings is 2. The summed E-state index contributed by atoms with van der Waals surface area (Å²) >= 11 is 0. The molecule has 7 rings (SSSR count). The number of nitrogens with one attached hydrogen (secondary N) is 2. The Morgan fingerprint density at radius 1 is 1.09 bits per heavy atom. The number of carbonyl (C=O) groups excluding carboxylic acids is 2. The van der Waals surface area contributed by atoms with Gasteiger partial charge in [-0.05, 0) is 41.5 Å². The molecule has 0 radical (unpaired) electrons. The number of anilines is 1. The summed E-state index contributed by atoms with van der Waals surface area (Å²) in [5, 5.41) is 26.9. The lowest BCUT2D eigenvalue weighted by Gasteiger charge is -2.28. The summed E-state index contributed by atoms with van der Waals surface area (Å²) in [6, 6.07) is 13.0. The van der Waals surface area contributed by atoms with Gasteiger partial charge in [0.1, 0.15) is 35.3 Å². The van der Waals surface area contributed by atoms with Crippen molar-refractivity contribution in [3.8, 4) is 17.3 Å². The first-order valence-electron chi connectivity index (χ1n) is 15.4. The summed E-state index contributed by atoms with van der Waals surface area (Å²) in [5.41, 5.74) is 3.09. The number of hydrogen-bond acceptors (Lipinski definition) is 10. The van der Waals surface area contributed by atoms with Crippen molar-refractivity contribution < 1.29 is 33.4 Å². The quantitative estimate of drug-likeness (QED) is 0.237. The molecule has 234 valence electrons. The molecular weight excluding hydrogens is 576 g/mol. The molecule has 4 N–H and O–H groups in total. The van der Waals surface area contributed by atoms with Crippen LogP contribution in [0.2, 0.25) is 0 Å². The molecule has 0 fully saturated rings. The number of amides is 1. The van der Waals surface area contributed by atoms with Gasteiger partial charge in [-0.1, -0.05) is 58.0 Å². The van der Waals surface area contributed by atoms with Gasteiger partial charge in [0.2, 0.25) is 17.7 Å². The average molecular weight is 613 g/mol. The number of fused-ring (bicyclic) bond motifs is 4. The van der Waals surface area contributed by atoms with Crippen molar-refractivity contribution in [1.82, 2.24) is 15.3 Å². The van der Waals surface area contributed by atoms with E-state index in [-0.39, 0.29) is 54.8 Å². The maximum atomic E-state index is 14.0. The lowest BCUT2D eigenvalue weighted by atomic mass is 9.72. The lowest BCUT2D eigenvalue weighted by Crippen LogP contribution is -2.41. The van der Waals surface area contributed by atoms with E-state index in [1.807, 2.05) is 56.3 Å². The fourth-order valence-electron chi connectivity index (χ4n) is 6.79. The van der Waals surface area contributed by atoms with Crippen LogP contribution in [0.25, 0.3) is 11.6 Å². The smallest absolute Gasteiger partial charge is 0.249 e. The SMILES string of the molecule is CC(C)[C@H](O)C(=O)C[C@H]1Cc2ccc3c(c2)[C@@]2(c4ccccc4NC2O3)c2oc(nc2-c2nc(CO)co2)[C@H](C(C)C)NC1=O. The second-order valence-corrected chi connectivity index (χ2v) is 12.8. The van der Waals surface area contributed by atoms with Crippen molar-refractivity contribution in [3.05, 3.63) is 82.8 Å². The number of benzene rings is 2. The van der Waals surface area contributed by atoms with Crippen LogP contribution in [0.1, 0.15) is 74.2 Å². The van der Waals surface area contributed by atoms with Crippen molar-refractivity contribution in [2.45, 2.75) is 70.9 Å². The second-order valence-electron chi connectivity index (χ2n) is 12.8. The van der Waals surface area contributed by atoms with Crippen molar-refractivity contribution in [2.75, 3.05) is 5.32 Å². The number of ketones is 1. The van der Waals surface area contributed by atoms with Gasteiger partial charge in [0.05, 0.1) is 6.61 Å². The molecule has 0 aliphatic carbocycles. The van der Waals surface area contributed by atoms with Crippen LogP contribution >= 0.6 is 0 Å². The van der Waals surface area contributed by atoms with Gasteiger partial charge < -0.3 is 34.4 Å². The molecule has 3 aliphatic heterocycles. The molecule has 11 nitrogen and oxygen atoms in total. The fraction of sp³-hybridized carbons (Fsp3) is 0.412. The number of para-hydroxylation sites is 1. The first-order valence-corrected chi connectivity index (χ1v) is 15.4. The van der Waals surface area contributed by atoms with Gasteiger partial charge in [0, 0.05) is 23.6 Å². The van der Waals surface area contributed by atoms with E-state index in [1.165, 1.54) is 6.26 Å². The number of aliphatic hydroxyl groups excluding tert-OH is 2. The largest absolute Gasteiger partial charge is 0.469 e. The Balaban J connectivity index is 1.48. The van der Waals surface area contributed by atoms with Crippen LogP contribution in [0.3, 0.4) is 0 Å². The van der Waals surface area contributed by atoms with Gasteiger partial charge in [-0.25, -0.2) is 9.97 Å². The van der Waals surface area contributed by atoms with Gasteiger partial charge >= 0.3 is 0 Å². The third kappa shape index (κ3) is 4.55. The maximum absolute atomic E-state index is 14.0. The number of carbonyl (C=O) groups is 2. The summed E-state index contributed by atoms with van der Waals surface area (Å²) in [7, 11) is 0. The number of nitrogens with zero attached hydrogens (tertiary/aromatic N) is 2. The molecular formula is C34H36N4O7. The maximum Gasteiger partial charge on any atom is 0.249 e. The van der Waals surface area contributed by atoms with Crippen molar-refractivity contribution in [3.63, 3.8) is 0 Å². The number of Topliss-reactive ketones (excluding diaryl/α,β-unsaturated/α-hetero) is 1. The Morgan fingerprint density at radius 3 is 2.62 bits per heavy atom. The predicted molar refractivity (Wildman–Crippen MR) is 162 cm³/mol. The van der Waals surface area contributed by atoms with E-state index < -0.39 is 29.7 Å². The van der Waals surface area contributed by atoms with E-state index >= 15 is 0 Å². The highest BCUT2D eigenvalue weighted by atomic mass is 16.5. The van der Waals surface area contributed by atoms with E-state index in [4.69, 9.17) is 18.6 Å². The minimum absolute atomic E-state index is 0.121. The fourth-order valence-corrected chi connectivity index (χ4v) is 6.79. The molecule has 1 unspecified atom stereocenters.